The highest BCUT2D eigenvalue weighted by molar-refractivity contribution is 5.75. The number of aryl methyl sites for hydroxylation is 1. The van der Waals surface area contributed by atoms with E-state index in [9.17, 15) is 0 Å². The van der Waals surface area contributed by atoms with Gasteiger partial charge in [0, 0.05) is 6.42 Å². The van der Waals surface area contributed by atoms with Gasteiger partial charge in [0.25, 0.3) is 0 Å². The molecule has 2 aromatic rings. The Balaban J connectivity index is 2.16. The van der Waals surface area contributed by atoms with E-state index < -0.39 is 0 Å². The summed E-state index contributed by atoms with van der Waals surface area (Å²) in [6.07, 6.45) is 5.76. The molecule has 0 aliphatic carbocycles. The quantitative estimate of drug-likeness (QED) is 0.714. The van der Waals surface area contributed by atoms with Crippen molar-refractivity contribution >= 4 is 5.82 Å². The molecular weight excluding hydrogens is 260 g/mol. The van der Waals surface area contributed by atoms with Gasteiger partial charge >= 0.3 is 0 Å². The fraction of sp³-hybridized carbons (Fsp3) is 0.500. The zero-order chi connectivity index (χ0) is 15.2. The number of hydrogen-bond acceptors (Lipinski definition) is 3. The first-order valence-electron chi connectivity index (χ1n) is 7.97. The second-order valence-electron chi connectivity index (χ2n) is 5.95. The van der Waals surface area contributed by atoms with Crippen molar-refractivity contribution in [3.63, 3.8) is 0 Å². The van der Waals surface area contributed by atoms with Crippen molar-refractivity contribution in [2.24, 2.45) is 0 Å². The largest absolute Gasteiger partial charge is 0.380 e. The molecular formula is C18H26N2O. The maximum atomic E-state index is 6.00. The first kappa shape index (κ1) is 15.6. The van der Waals surface area contributed by atoms with E-state index in [4.69, 9.17) is 10.3 Å². The fourth-order valence-electron chi connectivity index (χ4n) is 2.56. The van der Waals surface area contributed by atoms with Crippen LogP contribution in [0.1, 0.15) is 63.7 Å². The Morgan fingerprint density at radius 2 is 1.81 bits per heavy atom. The molecule has 1 aromatic carbocycles. The molecule has 0 fully saturated rings. The smallest absolute Gasteiger partial charge is 0.175 e. The van der Waals surface area contributed by atoms with Crippen molar-refractivity contribution in [3.8, 4) is 11.1 Å². The highest BCUT2D eigenvalue weighted by Gasteiger charge is 2.15. The van der Waals surface area contributed by atoms with Gasteiger partial charge in [0.05, 0.1) is 5.56 Å². The molecule has 0 saturated carbocycles. The molecule has 0 radical (unpaired) electrons. The van der Waals surface area contributed by atoms with E-state index in [0.717, 1.165) is 29.7 Å². The second-order valence-corrected chi connectivity index (χ2v) is 5.95. The third-order valence-electron chi connectivity index (χ3n) is 3.91. The summed E-state index contributed by atoms with van der Waals surface area (Å²) >= 11 is 0. The standard InChI is InChI=1S/C18H26N2O/c1-4-5-6-7-8-16-17(18(19)20-21-16)15-11-9-14(10-12-15)13(2)3/h9-13H,4-8H2,1-3H3,(H2,19,20). The number of unbranched alkanes of at least 4 members (excludes halogenated alkanes) is 3. The van der Waals surface area contributed by atoms with Crippen LogP contribution >= 0.6 is 0 Å². The van der Waals surface area contributed by atoms with Crippen LogP contribution in [0, 0.1) is 0 Å². The van der Waals surface area contributed by atoms with Gasteiger partial charge in [-0.05, 0) is 23.5 Å². The Morgan fingerprint density at radius 3 is 2.43 bits per heavy atom. The minimum Gasteiger partial charge on any atom is -0.380 e. The van der Waals surface area contributed by atoms with Crippen LogP contribution in [0.4, 0.5) is 5.82 Å². The lowest BCUT2D eigenvalue weighted by Crippen LogP contribution is -1.93. The summed E-state index contributed by atoms with van der Waals surface area (Å²) in [6.45, 7) is 6.61. The fourth-order valence-corrected chi connectivity index (χ4v) is 2.56. The lowest BCUT2D eigenvalue weighted by atomic mass is 9.97. The predicted octanol–water partition coefficient (Wildman–Crippen LogP) is 5.17. The first-order valence-corrected chi connectivity index (χ1v) is 7.97. The number of hydrogen-bond donors (Lipinski definition) is 1. The van der Waals surface area contributed by atoms with E-state index in [0.29, 0.717) is 11.7 Å². The Morgan fingerprint density at radius 1 is 1.10 bits per heavy atom. The molecule has 3 nitrogen and oxygen atoms in total. The Labute approximate surface area is 127 Å². The molecule has 0 atom stereocenters. The SMILES string of the molecule is CCCCCCc1onc(N)c1-c1ccc(C(C)C)cc1. The van der Waals surface area contributed by atoms with Crippen LogP contribution in [-0.2, 0) is 6.42 Å². The maximum Gasteiger partial charge on any atom is 0.175 e. The van der Waals surface area contributed by atoms with E-state index in [1.807, 2.05) is 0 Å². The molecule has 0 spiro atoms. The molecule has 0 saturated heterocycles. The number of nitrogens with two attached hydrogens (primary N) is 1. The topological polar surface area (TPSA) is 52.0 Å². The molecule has 0 amide bonds. The van der Waals surface area contributed by atoms with Gasteiger partial charge in [-0.3, -0.25) is 0 Å². The molecule has 1 aromatic heterocycles. The number of nitrogen functional groups attached to an aromatic ring is 1. The molecule has 0 bridgehead atoms. The third-order valence-corrected chi connectivity index (χ3v) is 3.91. The van der Waals surface area contributed by atoms with E-state index in [2.05, 4.69) is 50.2 Å². The summed E-state index contributed by atoms with van der Waals surface area (Å²) in [6, 6.07) is 8.56. The second kappa shape index (κ2) is 7.30. The molecule has 0 unspecified atom stereocenters. The van der Waals surface area contributed by atoms with Crippen LogP contribution in [0.2, 0.25) is 0 Å². The van der Waals surface area contributed by atoms with Crippen LogP contribution in [-0.4, -0.2) is 5.16 Å². The van der Waals surface area contributed by atoms with Crippen molar-refractivity contribution in [3.05, 3.63) is 35.6 Å². The van der Waals surface area contributed by atoms with Crippen LogP contribution in [0.3, 0.4) is 0 Å². The number of nitrogens with zero attached hydrogens (tertiary/aromatic N) is 1. The van der Waals surface area contributed by atoms with Crippen molar-refractivity contribution < 1.29 is 4.52 Å². The molecule has 2 rings (SSSR count). The Bertz CT molecular complexity index is 555. The highest BCUT2D eigenvalue weighted by Crippen LogP contribution is 2.31. The normalized spacial score (nSPS) is 11.2. The predicted molar refractivity (Wildman–Crippen MR) is 88.3 cm³/mol. The molecule has 2 N–H and O–H groups in total. The summed E-state index contributed by atoms with van der Waals surface area (Å²) in [4.78, 5) is 0. The maximum absolute atomic E-state index is 6.00. The molecule has 114 valence electrons. The number of anilines is 1. The summed E-state index contributed by atoms with van der Waals surface area (Å²) in [5.74, 6) is 1.95. The van der Waals surface area contributed by atoms with Gasteiger partial charge in [-0.25, -0.2) is 0 Å². The zero-order valence-corrected chi connectivity index (χ0v) is 13.4. The van der Waals surface area contributed by atoms with E-state index in [-0.39, 0.29) is 0 Å². The first-order chi connectivity index (χ1) is 10.1. The van der Waals surface area contributed by atoms with E-state index in [1.54, 1.807) is 0 Å². The minimum atomic E-state index is 0.498. The van der Waals surface area contributed by atoms with Crippen molar-refractivity contribution in [1.82, 2.24) is 5.16 Å². The van der Waals surface area contributed by atoms with Crippen LogP contribution in [0.5, 0.6) is 0 Å². The summed E-state index contributed by atoms with van der Waals surface area (Å²) < 4.78 is 5.43. The monoisotopic (exact) mass is 286 g/mol. The van der Waals surface area contributed by atoms with Gasteiger partial charge in [-0.2, -0.15) is 0 Å². The average molecular weight is 286 g/mol. The van der Waals surface area contributed by atoms with Crippen LogP contribution in [0.15, 0.2) is 28.8 Å². The molecule has 21 heavy (non-hydrogen) atoms. The Kier molecular flexibility index (Phi) is 5.43. The minimum absolute atomic E-state index is 0.498. The van der Waals surface area contributed by atoms with Gasteiger partial charge in [0.2, 0.25) is 0 Å². The van der Waals surface area contributed by atoms with Gasteiger partial charge in [-0.15, -0.1) is 0 Å². The number of rotatable bonds is 7. The molecule has 0 aliphatic rings. The van der Waals surface area contributed by atoms with Gasteiger partial charge in [0.1, 0.15) is 5.76 Å². The summed E-state index contributed by atoms with van der Waals surface area (Å²) in [5.41, 5.74) is 9.40. The molecule has 3 heteroatoms. The lowest BCUT2D eigenvalue weighted by Gasteiger charge is -2.07. The zero-order valence-electron chi connectivity index (χ0n) is 13.4. The van der Waals surface area contributed by atoms with Gasteiger partial charge in [-0.1, -0.05) is 69.5 Å². The average Bonchev–Trinajstić information content (AvgIpc) is 2.85. The molecule has 1 heterocycles. The van der Waals surface area contributed by atoms with Crippen LogP contribution < -0.4 is 5.73 Å². The highest BCUT2D eigenvalue weighted by atomic mass is 16.5. The van der Waals surface area contributed by atoms with Crippen molar-refractivity contribution in [1.29, 1.82) is 0 Å². The Hall–Kier alpha value is -1.77. The van der Waals surface area contributed by atoms with Crippen LogP contribution in [0.25, 0.3) is 11.1 Å². The third kappa shape index (κ3) is 3.87. The summed E-state index contributed by atoms with van der Waals surface area (Å²) in [5, 5.41) is 3.95. The van der Waals surface area contributed by atoms with Crippen molar-refractivity contribution in [2.45, 2.75) is 58.8 Å². The van der Waals surface area contributed by atoms with E-state index in [1.165, 1.54) is 24.8 Å². The van der Waals surface area contributed by atoms with E-state index >= 15 is 0 Å². The lowest BCUT2D eigenvalue weighted by molar-refractivity contribution is 0.382. The number of benzene rings is 1. The number of aromatic nitrogens is 1. The molecule has 0 aliphatic heterocycles. The summed E-state index contributed by atoms with van der Waals surface area (Å²) in [7, 11) is 0. The van der Waals surface area contributed by atoms with Gasteiger partial charge in [0.15, 0.2) is 5.82 Å². The van der Waals surface area contributed by atoms with Gasteiger partial charge < -0.3 is 10.3 Å². The van der Waals surface area contributed by atoms with Crippen molar-refractivity contribution in [2.75, 3.05) is 5.73 Å².